The average Bonchev–Trinajstić information content (AvgIpc) is 2.83. The van der Waals surface area contributed by atoms with E-state index in [1.165, 1.54) is 0 Å². The summed E-state index contributed by atoms with van der Waals surface area (Å²) in [6, 6.07) is 10.1. The highest BCUT2D eigenvalue weighted by atomic mass is 16.7. The summed E-state index contributed by atoms with van der Waals surface area (Å²) in [4.78, 5) is 11.8. The van der Waals surface area contributed by atoms with E-state index in [1.807, 2.05) is 61.6 Å². The lowest BCUT2D eigenvalue weighted by Gasteiger charge is -2.23. The number of esters is 1. The van der Waals surface area contributed by atoms with Gasteiger partial charge in [0.2, 0.25) is 0 Å². The third kappa shape index (κ3) is 12.0. The van der Waals surface area contributed by atoms with E-state index in [4.69, 9.17) is 23.7 Å². The lowest BCUT2D eigenvalue weighted by Crippen LogP contribution is -2.27. The molecule has 6 heteroatoms. The van der Waals surface area contributed by atoms with Gasteiger partial charge in [0.15, 0.2) is 0 Å². The molecule has 1 aromatic carbocycles. The van der Waals surface area contributed by atoms with Gasteiger partial charge in [-0.05, 0) is 32.8 Å². The molecule has 0 saturated carbocycles. The third-order valence-electron chi connectivity index (χ3n) is 5.23. The lowest BCUT2D eigenvalue weighted by atomic mass is 9.99. The Balaban J connectivity index is 2.65. The van der Waals surface area contributed by atoms with E-state index in [1.54, 1.807) is 28.1 Å². The third-order valence-corrected chi connectivity index (χ3v) is 5.23. The first kappa shape index (κ1) is 28.8. The van der Waals surface area contributed by atoms with Gasteiger partial charge < -0.3 is 23.7 Å². The topological polar surface area (TPSA) is 63.2 Å². The minimum Gasteiger partial charge on any atom is -0.463 e. The van der Waals surface area contributed by atoms with Crippen molar-refractivity contribution in [2.75, 3.05) is 34.2 Å². The Kier molecular flexibility index (Phi) is 14.3. The van der Waals surface area contributed by atoms with Crippen LogP contribution in [0.3, 0.4) is 0 Å². The molecule has 33 heavy (non-hydrogen) atoms. The molecule has 0 bridgehead atoms. The summed E-state index contributed by atoms with van der Waals surface area (Å²) < 4.78 is 27.4. The molecule has 0 saturated heterocycles. The standard InChI is InChI=1S/C27H40O6/c1-7-32-26(28)23(3)16-18-27(4,30-6)17-12-11-13-22(2)25(33-21-29-5)20-31-19-24-14-9-8-10-15-24/h8-17,22,25H,7,18-21H2,1-6H3/b13-11+,17-12+,23-16-/t22-,25+,27-/m0/s1. The normalized spacial score (nSPS) is 16.1. The molecule has 0 heterocycles. The Labute approximate surface area is 199 Å². The van der Waals surface area contributed by atoms with Crippen LogP contribution in [-0.2, 0) is 35.1 Å². The molecule has 0 aliphatic rings. The quantitative estimate of drug-likeness (QED) is 0.145. The van der Waals surface area contributed by atoms with Gasteiger partial charge in [0.1, 0.15) is 6.79 Å². The maximum atomic E-state index is 11.8. The van der Waals surface area contributed by atoms with Gasteiger partial charge in [-0.3, -0.25) is 0 Å². The average molecular weight is 461 g/mol. The number of methoxy groups -OCH3 is 2. The van der Waals surface area contributed by atoms with Crippen molar-refractivity contribution in [1.82, 2.24) is 0 Å². The summed E-state index contributed by atoms with van der Waals surface area (Å²) in [5.41, 5.74) is 1.16. The molecule has 0 aliphatic heterocycles. The number of carbonyl (C=O) groups excluding carboxylic acids is 1. The summed E-state index contributed by atoms with van der Waals surface area (Å²) in [7, 11) is 3.26. The molecule has 1 rings (SSSR count). The van der Waals surface area contributed by atoms with E-state index in [0.717, 1.165) is 5.56 Å². The van der Waals surface area contributed by atoms with E-state index < -0.39 is 5.60 Å². The zero-order valence-electron chi connectivity index (χ0n) is 20.9. The minimum absolute atomic E-state index is 0.111. The fourth-order valence-corrected chi connectivity index (χ4v) is 2.90. The summed E-state index contributed by atoms with van der Waals surface area (Å²) in [5.74, 6) is -0.189. The van der Waals surface area contributed by atoms with Gasteiger partial charge in [0, 0.05) is 25.7 Å². The number of benzene rings is 1. The highest BCUT2D eigenvalue weighted by Gasteiger charge is 2.19. The smallest absolute Gasteiger partial charge is 0.333 e. The van der Waals surface area contributed by atoms with Crippen LogP contribution in [0.15, 0.2) is 66.3 Å². The van der Waals surface area contributed by atoms with Gasteiger partial charge >= 0.3 is 5.97 Å². The zero-order valence-corrected chi connectivity index (χ0v) is 20.9. The van der Waals surface area contributed by atoms with Gasteiger partial charge in [-0.15, -0.1) is 0 Å². The number of ether oxygens (including phenoxy) is 5. The Morgan fingerprint density at radius 2 is 1.88 bits per heavy atom. The van der Waals surface area contributed by atoms with Crippen LogP contribution in [0, 0.1) is 5.92 Å². The van der Waals surface area contributed by atoms with Crippen molar-refractivity contribution in [1.29, 1.82) is 0 Å². The Morgan fingerprint density at radius 1 is 1.15 bits per heavy atom. The molecule has 0 fully saturated rings. The van der Waals surface area contributed by atoms with Crippen LogP contribution < -0.4 is 0 Å². The maximum Gasteiger partial charge on any atom is 0.333 e. The lowest BCUT2D eigenvalue weighted by molar-refractivity contribution is -0.138. The monoisotopic (exact) mass is 460 g/mol. The van der Waals surface area contributed by atoms with Crippen LogP contribution in [-0.4, -0.2) is 51.9 Å². The summed E-state index contributed by atoms with van der Waals surface area (Å²) in [6.45, 7) is 9.16. The number of rotatable bonds is 16. The second kappa shape index (κ2) is 16.4. The van der Waals surface area contributed by atoms with E-state index in [9.17, 15) is 4.79 Å². The first-order valence-electron chi connectivity index (χ1n) is 11.3. The predicted molar refractivity (Wildman–Crippen MR) is 131 cm³/mol. The first-order chi connectivity index (χ1) is 15.8. The Hall–Kier alpha value is -2.25. The molecule has 0 aliphatic carbocycles. The molecular weight excluding hydrogens is 420 g/mol. The molecule has 6 nitrogen and oxygen atoms in total. The fraction of sp³-hybridized carbons (Fsp3) is 0.519. The van der Waals surface area contributed by atoms with Crippen molar-refractivity contribution in [3.05, 3.63) is 71.8 Å². The van der Waals surface area contributed by atoms with Gasteiger partial charge in [-0.25, -0.2) is 4.79 Å². The number of allylic oxidation sites excluding steroid dienone is 2. The minimum atomic E-state index is -0.536. The van der Waals surface area contributed by atoms with Crippen LogP contribution in [0.2, 0.25) is 0 Å². The van der Waals surface area contributed by atoms with E-state index in [-0.39, 0.29) is 24.8 Å². The molecular formula is C27H40O6. The molecule has 0 unspecified atom stereocenters. The molecule has 0 aromatic heterocycles. The van der Waals surface area contributed by atoms with E-state index >= 15 is 0 Å². The zero-order chi connectivity index (χ0) is 24.5. The maximum absolute atomic E-state index is 11.8. The number of hydrogen-bond donors (Lipinski definition) is 0. The fourth-order valence-electron chi connectivity index (χ4n) is 2.90. The molecule has 184 valence electrons. The molecule has 3 atom stereocenters. The van der Waals surface area contributed by atoms with E-state index in [0.29, 0.717) is 31.8 Å². The highest BCUT2D eigenvalue weighted by molar-refractivity contribution is 5.87. The van der Waals surface area contributed by atoms with Gasteiger partial charge in [-0.2, -0.15) is 0 Å². The second-order valence-corrected chi connectivity index (χ2v) is 8.04. The van der Waals surface area contributed by atoms with Crippen LogP contribution in [0.1, 0.15) is 39.7 Å². The number of hydrogen-bond acceptors (Lipinski definition) is 6. The predicted octanol–water partition coefficient (Wildman–Crippen LogP) is 5.25. The first-order valence-corrected chi connectivity index (χ1v) is 11.3. The van der Waals surface area contributed by atoms with Crippen molar-refractivity contribution in [2.45, 2.75) is 52.4 Å². The van der Waals surface area contributed by atoms with Gasteiger partial charge in [-0.1, -0.05) is 67.6 Å². The van der Waals surface area contributed by atoms with Crippen LogP contribution >= 0.6 is 0 Å². The molecule has 0 N–H and O–H groups in total. The van der Waals surface area contributed by atoms with E-state index in [2.05, 4.69) is 13.0 Å². The van der Waals surface area contributed by atoms with Crippen molar-refractivity contribution < 1.29 is 28.5 Å². The summed E-state index contributed by atoms with van der Waals surface area (Å²) in [6.07, 6.45) is 10.2. The van der Waals surface area contributed by atoms with Crippen LogP contribution in [0.4, 0.5) is 0 Å². The molecule has 0 radical (unpaired) electrons. The molecule has 0 spiro atoms. The second-order valence-electron chi connectivity index (χ2n) is 8.04. The molecule has 1 aromatic rings. The summed E-state index contributed by atoms with van der Waals surface area (Å²) >= 11 is 0. The van der Waals surface area contributed by atoms with Gasteiger partial charge in [0.25, 0.3) is 0 Å². The Bertz CT molecular complexity index is 755. The highest BCUT2D eigenvalue weighted by Crippen LogP contribution is 2.19. The van der Waals surface area contributed by atoms with Crippen molar-refractivity contribution in [3.8, 4) is 0 Å². The van der Waals surface area contributed by atoms with Crippen molar-refractivity contribution in [2.24, 2.45) is 5.92 Å². The van der Waals surface area contributed by atoms with Crippen molar-refractivity contribution >= 4 is 5.97 Å². The largest absolute Gasteiger partial charge is 0.463 e. The van der Waals surface area contributed by atoms with Crippen LogP contribution in [0.25, 0.3) is 0 Å². The molecule has 0 amide bonds. The van der Waals surface area contributed by atoms with Crippen LogP contribution in [0.5, 0.6) is 0 Å². The number of carbonyl (C=O) groups is 1. The Morgan fingerprint density at radius 3 is 2.52 bits per heavy atom. The van der Waals surface area contributed by atoms with Crippen molar-refractivity contribution in [3.63, 3.8) is 0 Å². The SMILES string of the molecule is CCOC(=O)/C(C)=C\C[C@](C)(/C=C/C=C/[C@H](C)[C@@H](COCc1ccccc1)OCOC)OC. The van der Waals surface area contributed by atoms with Gasteiger partial charge in [0.05, 0.1) is 31.5 Å². The summed E-state index contributed by atoms with van der Waals surface area (Å²) in [5, 5.41) is 0.